The summed E-state index contributed by atoms with van der Waals surface area (Å²) in [5, 5.41) is 6.63. The molecule has 28 heavy (non-hydrogen) atoms. The number of furan rings is 1. The maximum Gasteiger partial charge on any atom is 0.274 e. The summed E-state index contributed by atoms with van der Waals surface area (Å²) in [6.07, 6.45) is 1.47. The Balaban J connectivity index is 1.76. The topological polar surface area (TPSA) is 60.1 Å². The van der Waals surface area contributed by atoms with Crippen molar-refractivity contribution < 1.29 is 22.4 Å². The monoisotopic (exact) mass is 383 g/mol. The second-order valence-electron chi connectivity index (χ2n) is 5.82. The van der Waals surface area contributed by atoms with Crippen LogP contribution in [0.1, 0.15) is 10.5 Å². The van der Waals surface area contributed by atoms with Crippen LogP contribution in [0.3, 0.4) is 0 Å². The van der Waals surface area contributed by atoms with Gasteiger partial charge in [-0.25, -0.2) is 17.9 Å². The summed E-state index contributed by atoms with van der Waals surface area (Å²) in [6, 6.07) is 15.3. The average molecular weight is 383 g/mol. The van der Waals surface area contributed by atoms with E-state index in [1.54, 1.807) is 42.5 Å². The molecule has 0 bridgehead atoms. The van der Waals surface area contributed by atoms with Gasteiger partial charge < -0.3 is 9.73 Å². The molecule has 2 aromatic heterocycles. The van der Waals surface area contributed by atoms with Crippen LogP contribution in [0.4, 0.5) is 18.9 Å². The molecule has 0 aliphatic carbocycles. The molecule has 5 nitrogen and oxygen atoms in total. The summed E-state index contributed by atoms with van der Waals surface area (Å²) in [5.41, 5.74) is 0.534. The van der Waals surface area contributed by atoms with Gasteiger partial charge in [0.05, 0.1) is 17.6 Å². The summed E-state index contributed by atoms with van der Waals surface area (Å²) in [6.45, 7) is 0. The zero-order valence-corrected chi connectivity index (χ0v) is 14.2. The lowest BCUT2D eigenvalue weighted by molar-refractivity contribution is 0.101. The van der Waals surface area contributed by atoms with Gasteiger partial charge in [-0.2, -0.15) is 5.10 Å². The summed E-state index contributed by atoms with van der Waals surface area (Å²) in [5.74, 6) is -4.80. The minimum atomic E-state index is -1.66. The average Bonchev–Trinajstić information content (AvgIpc) is 3.39. The van der Waals surface area contributed by atoms with Gasteiger partial charge in [-0.1, -0.05) is 18.2 Å². The van der Waals surface area contributed by atoms with E-state index in [1.165, 1.54) is 17.0 Å². The van der Waals surface area contributed by atoms with Gasteiger partial charge in [-0.3, -0.25) is 4.79 Å². The van der Waals surface area contributed by atoms with Crippen LogP contribution in [-0.4, -0.2) is 15.7 Å². The van der Waals surface area contributed by atoms with Gasteiger partial charge in [-0.05, 0) is 36.4 Å². The molecule has 4 rings (SSSR count). The van der Waals surface area contributed by atoms with E-state index in [0.29, 0.717) is 17.1 Å². The molecule has 0 fully saturated rings. The Morgan fingerprint density at radius 2 is 1.75 bits per heavy atom. The normalized spacial score (nSPS) is 10.8. The van der Waals surface area contributed by atoms with Crippen molar-refractivity contribution in [2.45, 2.75) is 0 Å². The van der Waals surface area contributed by atoms with Crippen molar-refractivity contribution in [3.63, 3.8) is 0 Å². The van der Waals surface area contributed by atoms with E-state index >= 15 is 0 Å². The molecule has 0 atom stereocenters. The number of carbonyl (C=O) groups excluding carboxylic acids is 1. The van der Waals surface area contributed by atoms with E-state index in [9.17, 15) is 18.0 Å². The number of benzene rings is 2. The summed E-state index contributed by atoms with van der Waals surface area (Å²) in [4.78, 5) is 12.8. The molecule has 0 unspecified atom stereocenters. The number of anilines is 1. The zero-order valence-electron chi connectivity index (χ0n) is 14.2. The molecule has 1 N–H and O–H groups in total. The van der Waals surface area contributed by atoms with Crippen molar-refractivity contribution >= 4 is 11.6 Å². The first-order valence-electron chi connectivity index (χ1n) is 8.19. The molecule has 2 aromatic carbocycles. The molecule has 0 saturated heterocycles. The fraction of sp³-hybridized carbons (Fsp3) is 0. The van der Waals surface area contributed by atoms with Crippen LogP contribution < -0.4 is 5.32 Å². The third kappa shape index (κ3) is 3.16. The molecule has 0 saturated carbocycles. The van der Waals surface area contributed by atoms with Crippen LogP contribution in [-0.2, 0) is 0 Å². The highest BCUT2D eigenvalue weighted by Gasteiger charge is 2.21. The van der Waals surface area contributed by atoms with Crippen LogP contribution in [0.2, 0.25) is 0 Å². The minimum Gasteiger partial charge on any atom is -0.463 e. The first kappa shape index (κ1) is 17.6. The molecule has 0 aliphatic heterocycles. The summed E-state index contributed by atoms with van der Waals surface area (Å²) < 4.78 is 47.1. The number of nitrogens with zero attached hydrogens (tertiary/aromatic N) is 2. The fourth-order valence-corrected chi connectivity index (χ4v) is 2.66. The largest absolute Gasteiger partial charge is 0.463 e. The molecule has 2 heterocycles. The summed E-state index contributed by atoms with van der Waals surface area (Å²) in [7, 11) is 0. The molecule has 0 radical (unpaired) electrons. The van der Waals surface area contributed by atoms with Gasteiger partial charge in [0.25, 0.3) is 5.91 Å². The Kier molecular flexibility index (Phi) is 4.44. The number of halogens is 3. The Bertz CT molecular complexity index is 1140. The first-order chi connectivity index (χ1) is 13.5. The van der Waals surface area contributed by atoms with Crippen LogP contribution in [0, 0.1) is 17.5 Å². The van der Waals surface area contributed by atoms with E-state index in [1.807, 2.05) is 0 Å². The smallest absolute Gasteiger partial charge is 0.274 e. The molecule has 8 heteroatoms. The van der Waals surface area contributed by atoms with Gasteiger partial charge in [0.2, 0.25) is 0 Å². The number of nitrogens with one attached hydrogen (secondary N) is 1. The number of aromatic nitrogens is 2. The van der Waals surface area contributed by atoms with Gasteiger partial charge in [-0.15, -0.1) is 0 Å². The molecule has 0 spiro atoms. The molecule has 1 amide bonds. The van der Waals surface area contributed by atoms with Crippen LogP contribution in [0.25, 0.3) is 17.1 Å². The van der Waals surface area contributed by atoms with Gasteiger partial charge in [0.1, 0.15) is 11.4 Å². The van der Waals surface area contributed by atoms with Crippen LogP contribution in [0.5, 0.6) is 0 Å². The van der Waals surface area contributed by atoms with E-state index in [0.717, 1.165) is 12.1 Å². The van der Waals surface area contributed by atoms with E-state index in [-0.39, 0.29) is 5.69 Å². The molecular weight excluding hydrogens is 371 g/mol. The maximum absolute atomic E-state index is 13.9. The lowest BCUT2D eigenvalue weighted by Crippen LogP contribution is -2.18. The van der Waals surface area contributed by atoms with E-state index in [4.69, 9.17) is 4.42 Å². The third-order valence-corrected chi connectivity index (χ3v) is 4.00. The second-order valence-corrected chi connectivity index (χ2v) is 5.82. The standard InChI is InChI=1S/C20H12F3N3O2/c21-13-8-9-14(19(23)18(13)22)24-20(27)16-11-15(17-7-4-10-28-17)25-26(16)12-5-2-1-3-6-12/h1-11H,(H,24,27). The number of hydrogen-bond acceptors (Lipinski definition) is 3. The Morgan fingerprint density at radius 3 is 2.46 bits per heavy atom. The Labute approximate surface area is 157 Å². The van der Waals surface area contributed by atoms with Crippen molar-refractivity contribution in [3.05, 3.63) is 90.1 Å². The Morgan fingerprint density at radius 1 is 0.964 bits per heavy atom. The highest BCUT2D eigenvalue weighted by molar-refractivity contribution is 6.04. The highest BCUT2D eigenvalue weighted by atomic mass is 19.2. The van der Waals surface area contributed by atoms with Crippen molar-refractivity contribution in [2.24, 2.45) is 0 Å². The van der Waals surface area contributed by atoms with Crippen molar-refractivity contribution in [1.29, 1.82) is 0 Å². The number of amides is 1. The van der Waals surface area contributed by atoms with Crippen molar-refractivity contribution in [1.82, 2.24) is 9.78 Å². The van der Waals surface area contributed by atoms with E-state index in [2.05, 4.69) is 10.4 Å². The van der Waals surface area contributed by atoms with Gasteiger partial charge in [0.15, 0.2) is 23.2 Å². The lowest BCUT2D eigenvalue weighted by Gasteiger charge is -2.09. The van der Waals surface area contributed by atoms with Crippen molar-refractivity contribution in [3.8, 4) is 17.1 Å². The van der Waals surface area contributed by atoms with E-state index < -0.39 is 29.0 Å². The number of hydrogen-bond donors (Lipinski definition) is 1. The molecule has 0 aliphatic rings. The molecular formula is C20H12F3N3O2. The number of carbonyl (C=O) groups is 1. The van der Waals surface area contributed by atoms with Gasteiger partial charge in [0, 0.05) is 6.07 Å². The highest BCUT2D eigenvalue weighted by Crippen LogP contribution is 2.24. The molecule has 4 aromatic rings. The maximum atomic E-state index is 13.9. The predicted octanol–water partition coefficient (Wildman–Crippen LogP) is 4.80. The Hall–Kier alpha value is -3.81. The number of rotatable bonds is 4. The molecule has 140 valence electrons. The van der Waals surface area contributed by atoms with Crippen molar-refractivity contribution in [2.75, 3.05) is 5.32 Å². The number of para-hydroxylation sites is 1. The lowest BCUT2D eigenvalue weighted by atomic mass is 10.2. The van der Waals surface area contributed by atoms with Gasteiger partial charge >= 0.3 is 0 Å². The summed E-state index contributed by atoms with van der Waals surface area (Å²) >= 11 is 0. The quantitative estimate of drug-likeness (QED) is 0.515. The zero-order chi connectivity index (χ0) is 19.7. The second kappa shape index (κ2) is 7.07. The SMILES string of the molecule is O=C(Nc1ccc(F)c(F)c1F)c1cc(-c2ccco2)nn1-c1ccccc1. The van der Waals surface area contributed by atoms with Crippen LogP contribution in [0.15, 0.2) is 71.3 Å². The first-order valence-corrected chi connectivity index (χ1v) is 8.19. The predicted molar refractivity (Wildman–Crippen MR) is 95.5 cm³/mol. The third-order valence-electron chi connectivity index (χ3n) is 4.00. The van der Waals surface area contributed by atoms with Crippen LogP contribution >= 0.6 is 0 Å². The fourth-order valence-electron chi connectivity index (χ4n) is 2.66. The minimum absolute atomic E-state index is 0.0572.